The van der Waals surface area contributed by atoms with Gasteiger partial charge in [-0.3, -0.25) is 24.5 Å². The maximum absolute atomic E-state index is 13.1. The molecule has 0 heterocycles. The number of nitro benzene ring substituents is 1. The summed E-state index contributed by atoms with van der Waals surface area (Å²) < 4.78 is 5.08. The van der Waals surface area contributed by atoms with Gasteiger partial charge >= 0.3 is 0 Å². The Morgan fingerprint density at radius 2 is 1.74 bits per heavy atom. The highest BCUT2D eigenvalue weighted by atomic mass is 35.5. The number of nitrogens with zero attached hydrogens (tertiary/aromatic N) is 1. The summed E-state index contributed by atoms with van der Waals surface area (Å²) in [5.41, 5.74) is 1.01. The van der Waals surface area contributed by atoms with Crippen LogP contribution in [0.4, 0.5) is 11.4 Å². The van der Waals surface area contributed by atoms with Gasteiger partial charge in [-0.15, -0.1) is 0 Å². The summed E-state index contributed by atoms with van der Waals surface area (Å²) in [6.07, 6.45) is 1.36. The number of Topliss-reactive ketones (excluding diaryl/α,β-unsaturated/α-hetero) is 1. The molecule has 0 spiro atoms. The number of halogens is 1. The molecule has 0 saturated heterocycles. The van der Waals surface area contributed by atoms with E-state index in [-0.39, 0.29) is 27.8 Å². The van der Waals surface area contributed by atoms with Crippen LogP contribution in [0.15, 0.2) is 72.4 Å². The second kappa shape index (κ2) is 11.1. The molecule has 0 atom stereocenters. The average Bonchev–Trinajstić information content (AvgIpc) is 2.83. The molecule has 35 heavy (non-hydrogen) atoms. The van der Waals surface area contributed by atoms with Crippen LogP contribution >= 0.6 is 11.6 Å². The minimum absolute atomic E-state index is 0.105. The number of benzene rings is 3. The Labute approximate surface area is 205 Å². The van der Waals surface area contributed by atoms with Crippen LogP contribution in [0.5, 0.6) is 5.75 Å². The van der Waals surface area contributed by atoms with Crippen LogP contribution in [0.2, 0.25) is 5.02 Å². The highest BCUT2D eigenvalue weighted by Gasteiger charge is 2.18. The van der Waals surface area contributed by atoms with Crippen molar-refractivity contribution in [1.82, 2.24) is 5.32 Å². The molecular weight excluding hydrogens is 474 g/mol. The first kappa shape index (κ1) is 25.1. The largest absolute Gasteiger partial charge is 0.497 e. The van der Waals surface area contributed by atoms with E-state index < -0.39 is 16.7 Å². The number of carbonyl (C=O) groups is 3. The molecule has 3 aromatic rings. The van der Waals surface area contributed by atoms with Crippen LogP contribution in [-0.4, -0.2) is 29.6 Å². The molecule has 9 nitrogen and oxygen atoms in total. The predicted octanol–water partition coefficient (Wildman–Crippen LogP) is 4.87. The van der Waals surface area contributed by atoms with Crippen LogP contribution in [0.25, 0.3) is 6.08 Å². The lowest BCUT2D eigenvalue weighted by atomic mass is 10.1. The summed E-state index contributed by atoms with van der Waals surface area (Å²) in [5.74, 6) is -1.05. The van der Waals surface area contributed by atoms with Gasteiger partial charge in [0.05, 0.1) is 22.6 Å². The van der Waals surface area contributed by atoms with Crippen LogP contribution < -0.4 is 15.4 Å². The van der Waals surface area contributed by atoms with E-state index >= 15 is 0 Å². The van der Waals surface area contributed by atoms with Crippen molar-refractivity contribution in [3.05, 3.63) is 104 Å². The molecule has 0 saturated carbocycles. The van der Waals surface area contributed by atoms with Gasteiger partial charge in [-0.2, -0.15) is 0 Å². The van der Waals surface area contributed by atoms with Crippen molar-refractivity contribution in [1.29, 1.82) is 0 Å². The summed E-state index contributed by atoms with van der Waals surface area (Å²) in [6.45, 7) is 1.40. The Morgan fingerprint density at radius 1 is 1.03 bits per heavy atom. The fourth-order valence-corrected chi connectivity index (χ4v) is 3.28. The number of rotatable bonds is 8. The Hall–Kier alpha value is -4.50. The molecule has 0 bridgehead atoms. The third kappa shape index (κ3) is 6.52. The Bertz CT molecular complexity index is 1340. The van der Waals surface area contributed by atoms with Gasteiger partial charge in [0.25, 0.3) is 17.5 Å². The van der Waals surface area contributed by atoms with E-state index in [0.29, 0.717) is 22.6 Å². The first-order chi connectivity index (χ1) is 16.7. The second-order valence-corrected chi connectivity index (χ2v) is 7.70. The fourth-order valence-electron chi connectivity index (χ4n) is 3.03. The summed E-state index contributed by atoms with van der Waals surface area (Å²) >= 11 is 6.19. The molecule has 0 aromatic heterocycles. The first-order valence-corrected chi connectivity index (χ1v) is 10.6. The summed E-state index contributed by atoms with van der Waals surface area (Å²) in [4.78, 5) is 48.0. The molecule has 2 amide bonds. The zero-order valence-electron chi connectivity index (χ0n) is 18.7. The maximum atomic E-state index is 13.1. The van der Waals surface area contributed by atoms with Crippen molar-refractivity contribution in [2.24, 2.45) is 0 Å². The van der Waals surface area contributed by atoms with Gasteiger partial charge in [0.15, 0.2) is 5.78 Å². The number of non-ortho nitro benzene ring substituents is 1. The van der Waals surface area contributed by atoms with E-state index in [1.807, 2.05) is 0 Å². The quantitative estimate of drug-likeness (QED) is 0.199. The first-order valence-electron chi connectivity index (χ1n) is 10.2. The van der Waals surface area contributed by atoms with Crippen LogP contribution in [-0.2, 0) is 4.79 Å². The predicted molar refractivity (Wildman–Crippen MR) is 132 cm³/mol. The van der Waals surface area contributed by atoms with Crippen LogP contribution in [0.1, 0.15) is 33.2 Å². The minimum Gasteiger partial charge on any atom is -0.497 e. The van der Waals surface area contributed by atoms with E-state index in [1.165, 1.54) is 62.6 Å². The van der Waals surface area contributed by atoms with Crippen molar-refractivity contribution in [2.75, 3.05) is 12.4 Å². The molecule has 0 aliphatic carbocycles. The van der Waals surface area contributed by atoms with Gasteiger partial charge in [-0.05, 0) is 61.0 Å². The summed E-state index contributed by atoms with van der Waals surface area (Å²) in [6, 6.07) is 16.2. The third-order valence-corrected chi connectivity index (χ3v) is 5.17. The van der Waals surface area contributed by atoms with Gasteiger partial charge in [-0.1, -0.05) is 23.7 Å². The lowest BCUT2D eigenvalue weighted by Gasteiger charge is -2.13. The fraction of sp³-hybridized carbons (Fsp3) is 0.0800. The number of methoxy groups -OCH3 is 1. The van der Waals surface area contributed by atoms with E-state index in [4.69, 9.17) is 16.3 Å². The van der Waals surface area contributed by atoms with Gasteiger partial charge < -0.3 is 15.4 Å². The smallest absolute Gasteiger partial charge is 0.272 e. The molecule has 178 valence electrons. The normalized spacial score (nSPS) is 10.9. The Morgan fingerprint density at radius 3 is 2.34 bits per heavy atom. The summed E-state index contributed by atoms with van der Waals surface area (Å²) in [5, 5.41) is 16.2. The van der Waals surface area contributed by atoms with E-state index in [2.05, 4.69) is 10.6 Å². The van der Waals surface area contributed by atoms with Gasteiger partial charge in [0.2, 0.25) is 0 Å². The summed E-state index contributed by atoms with van der Waals surface area (Å²) in [7, 11) is 1.46. The zero-order valence-corrected chi connectivity index (χ0v) is 19.5. The van der Waals surface area contributed by atoms with Crippen molar-refractivity contribution < 1.29 is 24.0 Å². The van der Waals surface area contributed by atoms with Gasteiger partial charge in [0.1, 0.15) is 11.4 Å². The molecule has 0 aliphatic rings. The molecule has 0 fully saturated rings. The number of ether oxygens (including phenoxy) is 1. The monoisotopic (exact) mass is 493 g/mol. The van der Waals surface area contributed by atoms with Crippen molar-refractivity contribution in [3.8, 4) is 5.75 Å². The lowest BCUT2D eigenvalue weighted by Crippen LogP contribution is -2.31. The molecule has 3 aromatic carbocycles. The number of hydrogen-bond donors (Lipinski definition) is 2. The second-order valence-electron chi connectivity index (χ2n) is 7.30. The number of nitro groups is 1. The van der Waals surface area contributed by atoms with Gasteiger partial charge in [-0.25, -0.2) is 0 Å². The number of amides is 2. The van der Waals surface area contributed by atoms with Crippen LogP contribution in [0, 0.1) is 10.1 Å². The van der Waals surface area contributed by atoms with Crippen molar-refractivity contribution in [3.63, 3.8) is 0 Å². The highest BCUT2D eigenvalue weighted by molar-refractivity contribution is 6.34. The molecular formula is C25H20ClN3O6. The molecule has 0 aliphatic heterocycles. The number of ketones is 1. The maximum Gasteiger partial charge on any atom is 0.272 e. The molecule has 10 heteroatoms. The van der Waals surface area contributed by atoms with Crippen molar-refractivity contribution in [2.45, 2.75) is 6.92 Å². The highest BCUT2D eigenvalue weighted by Crippen LogP contribution is 2.23. The van der Waals surface area contributed by atoms with Crippen molar-refractivity contribution >= 4 is 46.6 Å². The number of carbonyl (C=O) groups excluding carboxylic acids is 3. The average molecular weight is 494 g/mol. The standard InChI is InChI=1S/C25H20ClN3O6/c1-15(30)17-4-3-5-18(13-17)27-25(32)23(12-16-6-8-19(9-7-16)29(33)34)28-24(31)21-11-10-20(35-2)14-22(21)26/h3-14H,1-2H3,(H,27,32)(H,28,31). The van der Waals surface area contributed by atoms with Gasteiger partial charge in [0, 0.05) is 23.4 Å². The number of hydrogen-bond acceptors (Lipinski definition) is 6. The zero-order chi connectivity index (χ0) is 25.5. The third-order valence-electron chi connectivity index (χ3n) is 4.86. The number of nitrogens with one attached hydrogen (secondary N) is 2. The molecule has 2 N–H and O–H groups in total. The molecule has 0 radical (unpaired) electrons. The van der Waals surface area contributed by atoms with E-state index in [1.54, 1.807) is 24.3 Å². The molecule has 0 unspecified atom stereocenters. The Kier molecular flexibility index (Phi) is 7.96. The topological polar surface area (TPSA) is 128 Å². The van der Waals surface area contributed by atoms with Crippen LogP contribution in [0.3, 0.4) is 0 Å². The lowest BCUT2D eigenvalue weighted by molar-refractivity contribution is -0.384. The SMILES string of the molecule is COc1ccc(C(=O)NC(=Cc2ccc([N+](=O)[O-])cc2)C(=O)Nc2cccc(C(C)=O)c2)c(Cl)c1. The number of anilines is 1. The minimum atomic E-state index is -0.679. The van der Waals surface area contributed by atoms with E-state index in [9.17, 15) is 24.5 Å². The Balaban J connectivity index is 1.94. The van der Waals surface area contributed by atoms with E-state index in [0.717, 1.165) is 0 Å². The molecule has 3 rings (SSSR count).